The topological polar surface area (TPSA) is 12.9 Å². The number of aromatic nitrogens is 1. The van der Waals surface area contributed by atoms with Crippen molar-refractivity contribution in [2.75, 3.05) is 0 Å². The van der Waals surface area contributed by atoms with Crippen LogP contribution < -0.4 is 12.4 Å². The number of alkyl halides is 3. The van der Waals surface area contributed by atoms with Gasteiger partial charge in [-0.2, -0.15) is 19.2 Å². The van der Waals surface area contributed by atoms with Crippen LogP contribution in [0.15, 0.2) is 18.3 Å². The summed E-state index contributed by atoms with van der Waals surface area (Å²) in [4.78, 5) is 3.07. The van der Waals surface area contributed by atoms with Crippen LogP contribution >= 0.6 is 0 Å². The molecule has 0 aliphatic heterocycles. The van der Waals surface area contributed by atoms with Crippen LogP contribution in [-0.2, 0) is 6.18 Å². The maximum Gasteiger partial charge on any atom is 2.00 e. The van der Waals surface area contributed by atoms with E-state index in [0.29, 0.717) is 0 Å². The second kappa shape index (κ2) is 5.61. The van der Waals surface area contributed by atoms with Crippen molar-refractivity contribution < 1.29 is 25.6 Å². The fourth-order valence-electron chi connectivity index (χ4n) is 0.488. The molecule has 0 aliphatic rings. The van der Waals surface area contributed by atoms with Crippen LogP contribution in [0.25, 0.3) is 0 Å². The molecule has 1 heterocycles. The summed E-state index contributed by atoms with van der Waals surface area (Å²) in [5.74, 6) is 0. The van der Waals surface area contributed by atoms with Crippen LogP contribution in [0, 0.1) is 6.07 Å². The average Bonchev–Trinajstić information content (AvgIpc) is 1.88. The van der Waals surface area contributed by atoms with Crippen molar-refractivity contribution in [3.8, 4) is 0 Å². The van der Waals surface area contributed by atoms with Gasteiger partial charge in [0.15, 0.2) is 0 Å². The summed E-state index contributed by atoms with van der Waals surface area (Å²) in [7, 11) is 0. The molecule has 0 N–H and O–H groups in total. The minimum Gasteiger partial charge on any atom is -1.00 e. The van der Waals surface area contributed by atoms with Gasteiger partial charge >= 0.3 is 29.2 Å². The Balaban J connectivity index is 0. The van der Waals surface area contributed by atoms with E-state index in [-0.39, 0.29) is 35.5 Å². The third kappa shape index (κ3) is 4.13. The molecule has 0 spiro atoms. The summed E-state index contributed by atoms with van der Waals surface area (Å²) in [5.41, 5.74) is -0.883. The van der Waals surface area contributed by atoms with Gasteiger partial charge in [-0.15, -0.1) is 0 Å². The number of hydrogen-bond acceptors (Lipinski definition) is 1. The first-order chi connectivity index (χ1) is 4.61. The van der Waals surface area contributed by atoms with Crippen LogP contribution in [0.1, 0.15) is 5.69 Å². The first kappa shape index (κ1) is 14.5. The molecule has 0 radical (unpaired) electrons. The van der Waals surface area contributed by atoms with Gasteiger partial charge in [-0.1, -0.05) is 6.20 Å². The second-order valence-corrected chi connectivity index (χ2v) is 1.64. The maximum atomic E-state index is 11.7. The molecule has 0 unspecified atom stereocenters. The first-order valence-corrected chi connectivity index (χ1v) is 2.50. The van der Waals surface area contributed by atoms with Gasteiger partial charge in [0.2, 0.25) is 0 Å². The predicted octanol–water partition coefficient (Wildman–Crippen LogP) is -1.48. The van der Waals surface area contributed by atoms with E-state index in [4.69, 9.17) is 0 Å². The van der Waals surface area contributed by atoms with Crippen LogP contribution in [0.5, 0.6) is 0 Å². The molecule has 1 nitrogen and oxygen atoms in total. The Morgan fingerprint density at radius 3 is 2.17 bits per heavy atom. The quantitative estimate of drug-likeness (QED) is 0.372. The van der Waals surface area contributed by atoms with Gasteiger partial charge in [0.05, 0.1) is 5.69 Å². The van der Waals surface area contributed by atoms with E-state index in [1.807, 2.05) is 0 Å². The van der Waals surface area contributed by atoms with E-state index in [1.165, 1.54) is 6.07 Å². The fourth-order valence-corrected chi connectivity index (χ4v) is 0.488. The molecule has 1 aromatic rings. The zero-order valence-corrected chi connectivity index (χ0v) is 8.07. The van der Waals surface area contributed by atoms with E-state index in [1.54, 1.807) is 0 Å². The standard InChI is InChI=1S/C6H3F3N.ClH.Mg/c7-6(8,9)5-3-1-2-4-10-5;;/h1,3-4H;1H;/q-1;;+2/p-1. The Morgan fingerprint density at radius 1 is 1.33 bits per heavy atom. The summed E-state index contributed by atoms with van der Waals surface area (Å²) in [6.45, 7) is 0. The molecule has 1 rings (SSSR count). The molecule has 0 atom stereocenters. The van der Waals surface area contributed by atoms with Crippen molar-refractivity contribution in [3.63, 3.8) is 0 Å². The molecule has 0 saturated carbocycles. The minimum atomic E-state index is -4.34. The summed E-state index contributed by atoms with van der Waals surface area (Å²) in [5, 5.41) is 0. The van der Waals surface area contributed by atoms with Crippen molar-refractivity contribution in [2.24, 2.45) is 0 Å². The number of rotatable bonds is 0. The van der Waals surface area contributed by atoms with Crippen molar-refractivity contribution in [1.82, 2.24) is 4.98 Å². The predicted molar refractivity (Wildman–Crippen MR) is 33.8 cm³/mol. The third-order valence-corrected chi connectivity index (χ3v) is 0.906. The summed E-state index contributed by atoms with van der Waals surface area (Å²) >= 11 is 0. The molecule has 0 fully saturated rings. The van der Waals surface area contributed by atoms with E-state index < -0.39 is 11.9 Å². The number of pyridine rings is 1. The molecule has 6 heteroatoms. The Hall–Kier alpha value is -0.00377. The summed E-state index contributed by atoms with van der Waals surface area (Å²) in [6, 6.07) is 4.45. The molecule has 0 aromatic carbocycles. The first-order valence-electron chi connectivity index (χ1n) is 2.50. The van der Waals surface area contributed by atoms with Crippen LogP contribution in [0.4, 0.5) is 13.2 Å². The van der Waals surface area contributed by atoms with Gasteiger partial charge in [-0.3, -0.25) is 4.98 Å². The molecule has 0 saturated heterocycles. The van der Waals surface area contributed by atoms with Crippen LogP contribution in [-0.4, -0.2) is 28.0 Å². The summed E-state index contributed by atoms with van der Waals surface area (Å²) < 4.78 is 35.1. The molecule has 1 aromatic heterocycles. The summed E-state index contributed by atoms with van der Waals surface area (Å²) in [6.07, 6.45) is -3.35. The molecule has 12 heavy (non-hydrogen) atoms. The Kier molecular flexibility index (Phi) is 6.79. The Labute approximate surface area is 89.9 Å². The van der Waals surface area contributed by atoms with E-state index >= 15 is 0 Å². The van der Waals surface area contributed by atoms with Crippen molar-refractivity contribution in [3.05, 3.63) is 30.1 Å². The zero-order valence-electron chi connectivity index (χ0n) is 5.90. The SMILES string of the molecule is FC(F)(F)c1cc[c-]cn1.[Cl-].[Mg+2]. The molecule has 0 aliphatic carbocycles. The number of halogens is 4. The number of hydrogen-bond donors (Lipinski definition) is 0. The minimum absolute atomic E-state index is 0. The van der Waals surface area contributed by atoms with Crippen molar-refractivity contribution >= 4 is 23.1 Å². The largest absolute Gasteiger partial charge is 2.00 e. The van der Waals surface area contributed by atoms with E-state index in [0.717, 1.165) is 12.3 Å². The third-order valence-electron chi connectivity index (χ3n) is 0.906. The normalized spacial score (nSPS) is 9.58. The maximum absolute atomic E-state index is 11.7. The van der Waals surface area contributed by atoms with Gasteiger partial charge in [0.25, 0.3) is 0 Å². The Bertz CT molecular complexity index is 214. The van der Waals surface area contributed by atoms with Gasteiger partial charge in [0, 0.05) is 0 Å². The zero-order chi connectivity index (χ0) is 7.61. The smallest absolute Gasteiger partial charge is 1.00 e. The van der Waals surface area contributed by atoms with Crippen molar-refractivity contribution in [1.29, 1.82) is 0 Å². The molecular weight excluding hydrogens is 203 g/mol. The van der Waals surface area contributed by atoms with Gasteiger partial charge < -0.3 is 12.4 Å². The van der Waals surface area contributed by atoms with Crippen molar-refractivity contribution in [2.45, 2.75) is 6.18 Å². The van der Waals surface area contributed by atoms with Gasteiger partial charge in [0.1, 0.15) is 0 Å². The molecule has 0 amide bonds. The average molecular weight is 206 g/mol. The number of nitrogens with zero attached hydrogens (tertiary/aromatic N) is 1. The van der Waals surface area contributed by atoms with E-state index in [2.05, 4.69) is 11.1 Å². The molecular formula is C6H3ClF3MgN. The monoisotopic (exact) mass is 205 g/mol. The molecule has 0 bridgehead atoms. The van der Waals surface area contributed by atoms with Crippen LogP contribution in [0.3, 0.4) is 0 Å². The fraction of sp³-hybridized carbons (Fsp3) is 0.167. The Morgan fingerprint density at radius 2 is 1.92 bits per heavy atom. The van der Waals surface area contributed by atoms with Gasteiger partial charge in [-0.05, 0) is 0 Å². The van der Waals surface area contributed by atoms with Crippen LogP contribution in [0.2, 0.25) is 0 Å². The van der Waals surface area contributed by atoms with E-state index in [9.17, 15) is 13.2 Å². The molecule has 62 valence electrons. The van der Waals surface area contributed by atoms with Gasteiger partial charge in [-0.25, -0.2) is 12.1 Å². The second-order valence-electron chi connectivity index (χ2n) is 1.64.